The summed E-state index contributed by atoms with van der Waals surface area (Å²) in [5, 5.41) is 10.6. The summed E-state index contributed by atoms with van der Waals surface area (Å²) in [6, 6.07) is 13.6. The Morgan fingerprint density at radius 3 is 3.00 bits per heavy atom. The molecule has 1 amide bonds. The van der Waals surface area contributed by atoms with Gasteiger partial charge in [0.05, 0.1) is 0 Å². The van der Waals surface area contributed by atoms with Crippen molar-refractivity contribution < 1.29 is 13.9 Å². The molecule has 0 bridgehead atoms. The van der Waals surface area contributed by atoms with Crippen LogP contribution in [0.15, 0.2) is 48.7 Å². The van der Waals surface area contributed by atoms with Crippen LogP contribution >= 0.6 is 0 Å². The maximum absolute atomic E-state index is 13.4. The van der Waals surface area contributed by atoms with Gasteiger partial charge in [0.2, 0.25) is 0 Å². The summed E-state index contributed by atoms with van der Waals surface area (Å²) < 4.78 is 19.2. The third kappa shape index (κ3) is 3.20. The zero-order valence-corrected chi connectivity index (χ0v) is 14.5. The fraction of sp³-hybridized carbons (Fsp3) is 0.190. The number of aromatic nitrogens is 1. The minimum atomic E-state index is -0.294. The summed E-state index contributed by atoms with van der Waals surface area (Å²) in [7, 11) is 0. The van der Waals surface area contributed by atoms with Crippen molar-refractivity contribution in [2.45, 2.75) is 12.8 Å². The van der Waals surface area contributed by atoms with Crippen molar-refractivity contribution in [2.24, 2.45) is 0 Å². The summed E-state index contributed by atoms with van der Waals surface area (Å²) in [4.78, 5) is 18.4. The number of aryl methyl sites for hydroxylation is 1. The number of nitrogens with zero attached hydrogens (tertiary/aromatic N) is 3. The second-order valence-corrected chi connectivity index (χ2v) is 6.33. The molecule has 0 saturated heterocycles. The highest BCUT2D eigenvalue weighted by atomic mass is 19.1. The molecular formula is C21H16FN3O2. The minimum absolute atomic E-state index is 0.139. The summed E-state index contributed by atoms with van der Waals surface area (Å²) in [6.45, 7) is 0.443. The highest BCUT2D eigenvalue weighted by Gasteiger charge is 2.23. The Kier molecular flexibility index (Phi) is 4.43. The van der Waals surface area contributed by atoms with Gasteiger partial charge in [0.15, 0.2) is 6.61 Å². The molecule has 0 aliphatic carbocycles. The summed E-state index contributed by atoms with van der Waals surface area (Å²) in [5.74, 6) is 0.0437. The van der Waals surface area contributed by atoms with Crippen LogP contribution in [0.3, 0.4) is 0 Å². The fourth-order valence-electron chi connectivity index (χ4n) is 3.44. The Hall–Kier alpha value is -3.46. The van der Waals surface area contributed by atoms with Crippen molar-refractivity contribution in [1.29, 1.82) is 5.26 Å². The minimum Gasteiger partial charge on any atom is -0.483 e. The molecule has 0 fully saturated rings. The molecule has 2 aromatic carbocycles. The monoisotopic (exact) mass is 361 g/mol. The lowest BCUT2D eigenvalue weighted by molar-refractivity contribution is -0.120. The Balaban J connectivity index is 1.56. The second kappa shape index (κ2) is 7.04. The van der Waals surface area contributed by atoms with Crippen LogP contribution < -0.4 is 9.64 Å². The molecule has 1 aliphatic rings. The van der Waals surface area contributed by atoms with E-state index in [9.17, 15) is 14.4 Å². The first kappa shape index (κ1) is 17.0. The average molecular weight is 361 g/mol. The summed E-state index contributed by atoms with van der Waals surface area (Å²) in [5.41, 5.74) is 1.89. The van der Waals surface area contributed by atoms with Crippen LogP contribution in [-0.2, 0) is 11.2 Å². The average Bonchev–Trinajstić information content (AvgIpc) is 2.70. The molecule has 1 aliphatic heterocycles. The topological polar surface area (TPSA) is 66.2 Å². The normalized spacial score (nSPS) is 13.1. The van der Waals surface area contributed by atoms with Crippen molar-refractivity contribution in [1.82, 2.24) is 4.98 Å². The number of anilines is 1. The number of pyridine rings is 1. The van der Waals surface area contributed by atoms with Gasteiger partial charge in [-0.15, -0.1) is 0 Å². The first-order valence-corrected chi connectivity index (χ1v) is 8.67. The zero-order chi connectivity index (χ0) is 18.8. The smallest absolute Gasteiger partial charge is 0.264 e. The van der Waals surface area contributed by atoms with E-state index >= 15 is 0 Å². The van der Waals surface area contributed by atoms with E-state index in [0.717, 1.165) is 29.5 Å². The van der Waals surface area contributed by atoms with Crippen molar-refractivity contribution in [3.05, 3.63) is 65.7 Å². The highest BCUT2D eigenvalue weighted by molar-refractivity contribution is 5.96. The van der Waals surface area contributed by atoms with Crippen LogP contribution in [0, 0.1) is 17.1 Å². The molecule has 3 aromatic rings. The molecule has 1 aromatic heterocycles. The van der Waals surface area contributed by atoms with Crippen LogP contribution in [0.1, 0.15) is 17.7 Å². The highest BCUT2D eigenvalue weighted by Crippen LogP contribution is 2.29. The van der Waals surface area contributed by atoms with E-state index in [-0.39, 0.29) is 18.3 Å². The van der Waals surface area contributed by atoms with Crippen LogP contribution in [0.2, 0.25) is 0 Å². The van der Waals surface area contributed by atoms with Crippen molar-refractivity contribution in [3.8, 4) is 11.8 Å². The molecule has 0 spiro atoms. The number of halogens is 1. The van der Waals surface area contributed by atoms with Gasteiger partial charge in [-0.1, -0.05) is 12.1 Å². The number of hydrogen-bond donors (Lipinski definition) is 0. The number of ether oxygens (including phenoxy) is 1. The van der Waals surface area contributed by atoms with Gasteiger partial charge < -0.3 is 9.64 Å². The molecule has 134 valence electrons. The number of nitriles is 1. The Morgan fingerprint density at radius 1 is 1.26 bits per heavy atom. The largest absolute Gasteiger partial charge is 0.483 e. The number of benzene rings is 2. The lowest BCUT2D eigenvalue weighted by Crippen LogP contribution is -2.38. The lowest BCUT2D eigenvalue weighted by atomic mass is 10.0. The number of rotatable bonds is 3. The standard InChI is InChI=1S/C21H16FN3O2/c22-15-6-7-19-14(11-15)3-2-10-25(19)21(26)13-27-20-5-1-4-16-17(20)8-9-24-18(16)12-23/h1,4-9,11H,2-3,10,13H2. The van der Waals surface area contributed by atoms with Gasteiger partial charge >= 0.3 is 0 Å². The molecule has 0 unspecified atom stereocenters. The number of hydrogen-bond acceptors (Lipinski definition) is 4. The van der Waals surface area contributed by atoms with Gasteiger partial charge in [-0.05, 0) is 48.7 Å². The predicted octanol–water partition coefficient (Wildman–Crippen LogP) is 3.60. The van der Waals surface area contributed by atoms with Crippen LogP contribution in [0.4, 0.5) is 10.1 Å². The summed E-state index contributed by atoms with van der Waals surface area (Å²) in [6.07, 6.45) is 3.09. The zero-order valence-electron chi connectivity index (χ0n) is 14.5. The van der Waals surface area contributed by atoms with Gasteiger partial charge in [0.25, 0.3) is 5.91 Å². The Labute approximate surface area is 155 Å². The van der Waals surface area contributed by atoms with Gasteiger partial charge in [-0.3, -0.25) is 4.79 Å². The molecule has 6 heteroatoms. The molecule has 0 radical (unpaired) electrons. The third-order valence-corrected chi connectivity index (χ3v) is 4.68. The number of fused-ring (bicyclic) bond motifs is 2. The fourth-order valence-corrected chi connectivity index (χ4v) is 3.44. The number of amides is 1. The third-order valence-electron chi connectivity index (χ3n) is 4.68. The van der Waals surface area contributed by atoms with E-state index in [4.69, 9.17) is 4.74 Å². The van der Waals surface area contributed by atoms with E-state index in [0.29, 0.717) is 23.4 Å². The first-order valence-electron chi connectivity index (χ1n) is 8.67. The molecule has 4 rings (SSSR count). The quantitative estimate of drug-likeness (QED) is 0.715. The maximum atomic E-state index is 13.4. The van der Waals surface area contributed by atoms with E-state index < -0.39 is 0 Å². The number of carbonyl (C=O) groups excluding carboxylic acids is 1. The maximum Gasteiger partial charge on any atom is 0.264 e. The van der Waals surface area contributed by atoms with Gasteiger partial charge in [0.1, 0.15) is 23.3 Å². The second-order valence-electron chi connectivity index (χ2n) is 6.33. The predicted molar refractivity (Wildman–Crippen MR) is 99.0 cm³/mol. The molecule has 2 heterocycles. The van der Waals surface area contributed by atoms with Crippen LogP contribution in [0.25, 0.3) is 10.8 Å². The molecular weight excluding hydrogens is 345 g/mol. The van der Waals surface area contributed by atoms with Gasteiger partial charge in [-0.25, -0.2) is 9.37 Å². The molecule has 0 N–H and O–H groups in total. The Bertz CT molecular complexity index is 1070. The van der Waals surface area contributed by atoms with Crippen molar-refractivity contribution in [3.63, 3.8) is 0 Å². The SMILES string of the molecule is N#Cc1nccc2c(OCC(=O)N3CCCc4cc(F)ccc43)cccc12. The molecule has 5 nitrogen and oxygen atoms in total. The lowest BCUT2D eigenvalue weighted by Gasteiger charge is -2.29. The van der Waals surface area contributed by atoms with Crippen LogP contribution in [0.5, 0.6) is 5.75 Å². The molecule has 27 heavy (non-hydrogen) atoms. The van der Waals surface area contributed by atoms with Gasteiger partial charge in [0, 0.05) is 29.2 Å². The first-order chi connectivity index (χ1) is 13.2. The molecule has 0 atom stereocenters. The van der Waals surface area contributed by atoms with E-state index in [1.807, 2.05) is 0 Å². The molecule has 0 saturated carbocycles. The van der Waals surface area contributed by atoms with Crippen LogP contribution in [-0.4, -0.2) is 24.0 Å². The number of carbonyl (C=O) groups is 1. The summed E-state index contributed by atoms with van der Waals surface area (Å²) >= 11 is 0. The van der Waals surface area contributed by atoms with E-state index in [2.05, 4.69) is 11.1 Å². The van der Waals surface area contributed by atoms with Crippen molar-refractivity contribution >= 4 is 22.4 Å². The van der Waals surface area contributed by atoms with E-state index in [1.54, 1.807) is 41.4 Å². The van der Waals surface area contributed by atoms with Gasteiger partial charge in [-0.2, -0.15) is 5.26 Å². The van der Waals surface area contributed by atoms with E-state index in [1.165, 1.54) is 12.1 Å². The Morgan fingerprint density at radius 2 is 2.15 bits per heavy atom. The van der Waals surface area contributed by atoms with Crippen molar-refractivity contribution in [2.75, 3.05) is 18.1 Å².